The fourth-order valence-electron chi connectivity index (χ4n) is 1.02. The summed E-state index contributed by atoms with van der Waals surface area (Å²) in [5.74, 6) is -0.361. The number of methoxy groups -OCH3 is 1. The van der Waals surface area contributed by atoms with E-state index < -0.39 is 5.82 Å². The molecule has 1 rings (SSSR count). The largest absolute Gasteiger partial charge is 0.488 e. The maximum atomic E-state index is 13.4. The number of ether oxygens (including phenoxy) is 2. The molecule has 14 heavy (non-hydrogen) atoms. The van der Waals surface area contributed by atoms with E-state index in [1.807, 2.05) is 0 Å². The lowest BCUT2D eigenvalue weighted by molar-refractivity contribution is 0.143. The van der Waals surface area contributed by atoms with Crippen molar-refractivity contribution in [1.29, 1.82) is 0 Å². The van der Waals surface area contributed by atoms with Crippen LogP contribution in [0.25, 0.3) is 0 Å². The maximum Gasteiger partial charge on any atom is 0.170 e. The number of hydrogen-bond donors (Lipinski definition) is 1. The van der Waals surface area contributed by atoms with Crippen molar-refractivity contribution >= 4 is 0 Å². The van der Waals surface area contributed by atoms with Crippen LogP contribution in [0, 0.1) is 5.82 Å². The molecule has 1 N–H and O–H groups in total. The minimum Gasteiger partial charge on any atom is -0.488 e. The second-order valence-corrected chi connectivity index (χ2v) is 2.73. The van der Waals surface area contributed by atoms with E-state index in [0.717, 1.165) is 0 Å². The molecule has 1 aromatic rings. The second-order valence-electron chi connectivity index (χ2n) is 2.73. The highest BCUT2D eigenvalue weighted by molar-refractivity contribution is 5.30. The van der Waals surface area contributed by atoms with Gasteiger partial charge >= 0.3 is 0 Å². The molecule has 0 aliphatic carbocycles. The Hall–Kier alpha value is -1.13. The third kappa shape index (κ3) is 2.68. The van der Waals surface area contributed by atoms with Crippen LogP contribution in [0.15, 0.2) is 18.2 Å². The van der Waals surface area contributed by atoms with Gasteiger partial charge in [0.2, 0.25) is 0 Å². The van der Waals surface area contributed by atoms with Crippen LogP contribution < -0.4 is 4.74 Å². The lowest BCUT2D eigenvalue weighted by Crippen LogP contribution is -2.06. The van der Waals surface area contributed by atoms with Crippen LogP contribution in [0.3, 0.4) is 0 Å². The first kappa shape index (κ1) is 10.9. The molecule has 0 radical (unpaired) electrons. The van der Waals surface area contributed by atoms with Gasteiger partial charge in [-0.15, -0.1) is 0 Å². The van der Waals surface area contributed by atoms with Crippen LogP contribution in [0.4, 0.5) is 4.39 Å². The topological polar surface area (TPSA) is 38.7 Å². The van der Waals surface area contributed by atoms with Gasteiger partial charge in [-0.2, -0.15) is 0 Å². The monoisotopic (exact) mass is 200 g/mol. The Kier molecular flexibility index (Phi) is 4.35. The molecule has 78 valence electrons. The lowest BCUT2D eigenvalue weighted by atomic mass is 10.2. The molecule has 0 aromatic heterocycles. The summed E-state index contributed by atoms with van der Waals surface area (Å²) in [5, 5.41) is 8.79. The van der Waals surface area contributed by atoms with Gasteiger partial charge in [0.05, 0.1) is 13.2 Å². The number of aliphatic hydroxyl groups excluding tert-OH is 1. The first-order valence-electron chi connectivity index (χ1n) is 4.29. The molecule has 0 saturated heterocycles. The first-order chi connectivity index (χ1) is 6.79. The molecule has 0 fully saturated rings. The smallest absolute Gasteiger partial charge is 0.170 e. The van der Waals surface area contributed by atoms with Gasteiger partial charge in [-0.3, -0.25) is 0 Å². The van der Waals surface area contributed by atoms with E-state index in [9.17, 15) is 4.39 Å². The summed E-state index contributed by atoms with van der Waals surface area (Å²) in [6.45, 7) is 0.373. The van der Waals surface area contributed by atoms with Crippen molar-refractivity contribution in [2.45, 2.75) is 6.61 Å². The Bertz CT molecular complexity index is 289. The zero-order valence-electron chi connectivity index (χ0n) is 8.00. The van der Waals surface area contributed by atoms with E-state index in [-0.39, 0.29) is 17.9 Å². The third-order valence-corrected chi connectivity index (χ3v) is 1.76. The zero-order valence-corrected chi connectivity index (χ0v) is 8.00. The van der Waals surface area contributed by atoms with Gasteiger partial charge in [0.1, 0.15) is 6.61 Å². The number of aliphatic hydroxyl groups is 1. The average molecular weight is 200 g/mol. The highest BCUT2D eigenvalue weighted by atomic mass is 19.1. The normalized spacial score (nSPS) is 10.2. The van der Waals surface area contributed by atoms with Gasteiger partial charge < -0.3 is 14.6 Å². The molecule has 3 nitrogen and oxygen atoms in total. The molecule has 0 amide bonds. The van der Waals surface area contributed by atoms with Crippen LogP contribution in [-0.2, 0) is 11.3 Å². The third-order valence-electron chi connectivity index (χ3n) is 1.76. The van der Waals surface area contributed by atoms with Gasteiger partial charge in [0.25, 0.3) is 0 Å². The van der Waals surface area contributed by atoms with Gasteiger partial charge in [-0.25, -0.2) is 4.39 Å². The van der Waals surface area contributed by atoms with E-state index in [1.165, 1.54) is 12.1 Å². The van der Waals surface area contributed by atoms with E-state index in [0.29, 0.717) is 13.2 Å². The Morgan fingerprint density at radius 2 is 2.14 bits per heavy atom. The second kappa shape index (κ2) is 5.57. The van der Waals surface area contributed by atoms with E-state index >= 15 is 0 Å². The predicted octanol–water partition coefficient (Wildman–Crippen LogP) is 1.34. The molecule has 0 heterocycles. The van der Waals surface area contributed by atoms with Gasteiger partial charge in [-0.05, 0) is 6.07 Å². The van der Waals surface area contributed by atoms with Crippen molar-refractivity contribution in [3.05, 3.63) is 29.6 Å². The molecule has 0 spiro atoms. The van der Waals surface area contributed by atoms with Crippen molar-refractivity contribution in [2.75, 3.05) is 20.3 Å². The molecule has 0 aliphatic heterocycles. The van der Waals surface area contributed by atoms with Gasteiger partial charge in [-0.1, -0.05) is 12.1 Å². The number of hydrogen-bond acceptors (Lipinski definition) is 3. The highest BCUT2D eigenvalue weighted by Gasteiger charge is 2.07. The summed E-state index contributed by atoms with van der Waals surface area (Å²) in [4.78, 5) is 0. The molecule has 0 saturated carbocycles. The standard InChI is InChI=1S/C10H13FO3/c1-13-5-6-14-9-4-2-3-8(7-12)10(9)11/h2-4,12H,5-7H2,1H3. The highest BCUT2D eigenvalue weighted by Crippen LogP contribution is 2.20. The van der Waals surface area contributed by atoms with Crippen LogP contribution in [0.2, 0.25) is 0 Å². The summed E-state index contributed by atoms with van der Waals surface area (Å²) in [6, 6.07) is 4.67. The Morgan fingerprint density at radius 1 is 1.36 bits per heavy atom. The molecule has 0 unspecified atom stereocenters. The molecular formula is C10H13FO3. The quantitative estimate of drug-likeness (QED) is 0.729. The summed E-state index contributed by atoms with van der Waals surface area (Å²) in [5.41, 5.74) is 0.236. The number of halogens is 1. The summed E-state index contributed by atoms with van der Waals surface area (Å²) in [7, 11) is 1.55. The minimum absolute atomic E-state index is 0.147. The summed E-state index contributed by atoms with van der Waals surface area (Å²) in [6.07, 6.45) is 0. The van der Waals surface area contributed by atoms with E-state index in [1.54, 1.807) is 13.2 Å². The fourth-order valence-corrected chi connectivity index (χ4v) is 1.02. The SMILES string of the molecule is COCCOc1cccc(CO)c1F. The molecule has 0 bridgehead atoms. The maximum absolute atomic E-state index is 13.4. The summed E-state index contributed by atoms with van der Waals surface area (Å²) >= 11 is 0. The predicted molar refractivity (Wildman–Crippen MR) is 49.7 cm³/mol. The van der Waals surface area contributed by atoms with Crippen molar-refractivity contribution in [2.24, 2.45) is 0 Å². The molecule has 4 heteroatoms. The number of rotatable bonds is 5. The van der Waals surface area contributed by atoms with Crippen LogP contribution >= 0.6 is 0 Å². The average Bonchev–Trinajstić information content (AvgIpc) is 2.21. The zero-order chi connectivity index (χ0) is 10.4. The lowest BCUT2D eigenvalue weighted by Gasteiger charge is -2.08. The summed E-state index contributed by atoms with van der Waals surface area (Å²) < 4.78 is 23.2. The van der Waals surface area contributed by atoms with Gasteiger partial charge in [0.15, 0.2) is 11.6 Å². The molecule has 0 atom stereocenters. The van der Waals surface area contributed by atoms with E-state index in [4.69, 9.17) is 14.6 Å². The Labute approximate surface area is 82.1 Å². The fraction of sp³-hybridized carbons (Fsp3) is 0.400. The van der Waals surface area contributed by atoms with Crippen molar-refractivity contribution in [3.63, 3.8) is 0 Å². The van der Waals surface area contributed by atoms with Gasteiger partial charge in [0, 0.05) is 12.7 Å². The Balaban J connectivity index is 2.66. The van der Waals surface area contributed by atoms with Crippen molar-refractivity contribution in [1.82, 2.24) is 0 Å². The van der Waals surface area contributed by atoms with Crippen LogP contribution in [0.5, 0.6) is 5.75 Å². The number of benzene rings is 1. The van der Waals surface area contributed by atoms with Crippen molar-refractivity contribution in [3.8, 4) is 5.75 Å². The van der Waals surface area contributed by atoms with Crippen LogP contribution in [0.1, 0.15) is 5.56 Å². The first-order valence-corrected chi connectivity index (χ1v) is 4.29. The molecule has 0 aliphatic rings. The van der Waals surface area contributed by atoms with Crippen molar-refractivity contribution < 1.29 is 19.0 Å². The molecular weight excluding hydrogens is 187 g/mol. The van der Waals surface area contributed by atoms with Crippen LogP contribution in [-0.4, -0.2) is 25.4 Å². The molecule has 1 aromatic carbocycles. The Morgan fingerprint density at radius 3 is 2.79 bits per heavy atom. The minimum atomic E-state index is -0.508. The van der Waals surface area contributed by atoms with E-state index in [2.05, 4.69) is 0 Å².